The predicted octanol–water partition coefficient (Wildman–Crippen LogP) is 4.57. The second kappa shape index (κ2) is 8.63. The first-order chi connectivity index (χ1) is 14.9. The number of Topliss-reactive ketones (excluding diaryl/α,β-unsaturated/α-hetero) is 1. The van der Waals surface area contributed by atoms with Crippen molar-refractivity contribution >= 4 is 11.9 Å². The van der Waals surface area contributed by atoms with Gasteiger partial charge < -0.3 is 19.3 Å². The van der Waals surface area contributed by atoms with Crippen molar-refractivity contribution in [2.75, 3.05) is 27.3 Å². The molecular weight excluding hydrogens is 394 g/mol. The fraction of sp³-hybridized carbons (Fsp3) is 0.400. The largest absolute Gasteiger partial charge is 0.507 e. The van der Waals surface area contributed by atoms with Crippen molar-refractivity contribution in [3.8, 4) is 23.0 Å². The van der Waals surface area contributed by atoms with E-state index in [0.29, 0.717) is 46.0 Å². The average Bonchev–Trinajstić information content (AvgIpc) is 3.08. The number of piperidine rings is 1. The minimum absolute atomic E-state index is 0.169. The van der Waals surface area contributed by atoms with E-state index < -0.39 is 0 Å². The lowest BCUT2D eigenvalue weighted by Gasteiger charge is -2.30. The van der Waals surface area contributed by atoms with Gasteiger partial charge in [-0.05, 0) is 62.5 Å². The van der Waals surface area contributed by atoms with Gasteiger partial charge in [-0.1, -0.05) is 19.1 Å². The lowest BCUT2D eigenvalue weighted by molar-refractivity contribution is 0.101. The maximum atomic E-state index is 13.2. The number of aryl methyl sites for hydroxylation is 1. The van der Waals surface area contributed by atoms with Crippen LogP contribution in [0.3, 0.4) is 0 Å². The number of fused-ring (bicyclic) bond motifs is 1. The smallest absolute Gasteiger partial charge is 0.232 e. The molecular formula is C25H29NO5. The number of allylic oxidation sites excluding steroid dienone is 1. The number of carbonyl (C=O) groups is 1. The van der Waals surface area contributed by atoms with Crippen LogP contribution >= 0.6 is 0 Å². The van der Waals surface area contributed by atoms with Gasteiger partial charge in [-0.15, -0.1) is 0 Å². The normalized spacial score (nSPS) is 18.2. The second-order valence-electron chi connectivity index (χ2n) is 8.38. The van der Waals surface area contributed by atoms with Crippen LogP contribution in [0.4, 0.5) is 0 Å². The Morgan fingerprint density at radius 1 is 1.23 bits per heavy atom. The molecule has 0 spiro atoms. The summed E-state index contributed by atoms with van der Waals surface area (Å²) in [6, 6.07) is 7.14. The summed E-state index contributed by atoms with van der Waals surface area (Å²) in [7, 11) is 3.13. The van der Waals surface area contributed by atoms with Crippen molar-refractivity contribution in [2.45, 2.75) is 33.2 Å². The molecule has 2 aromatic rings. The minimum atomic E-state index is -0.189. The van der Waals surface area contributed by atoms with E-state index >= 15 is 0 Å². The number of ether oxygens (including phenoxy) is 3. The molecule has 2 aliphatic heterocycles. The number of hydrogen-bond donors (Lipinski definition) is 1. The second-order valence-corrected chi connectivity index (χ2v) is 8.38. The predicted molar refractivity (Wildman–Crippen MR) is 119 cm³/mol. The first-order valence-electron chi connectivity index (χ1n) is 10.7. The minimum Gasteiger partial charge on any atom is -0.507 e. The van der Waals surface area contributed by atoms with E-state index in [1.165, 1.54) is 0 Å². The van der Waals surface area contributed by atoms with Crippen molar-refractivity contribution in [3.05, 3.63) is 52.3 Å². The molecule has 0 aliphatic carbocycles. The number of carbonyl (C=O) groups excluding carboxylic acids is 1. The van der Waals surface area contributed by atoms with Gasteiger partial charge in [0.25, 0.3) is 0 Å². The first kappa shape index (κ1) is 21.2. The van der Waals surface area contributed by atoms with E-state index in [1.54, 1.807) is 32.4 Å². The van der Waals surface area contributed by atoms with Crippen LogP contribution in [0.25, 0.3) is 6.08 Å². The van der Waals surface area contributed by atoms with Gasteiger partial charge in [-0.25, -0.2) is 0 Å². The highest BCUT2D eigenvalue weighted by Gasteiger charge is 2.34. The molecule has 2 heterocycles. The molecule has 0 amide bonds. The van der Waals surface area contributed by atoms with Crippen molar-refractivity contribution in [3.63, 3.8) is 0 Å². The van der Waals surface area contributed by atoms with E-state index in [1.807, 2.05) is 19.1 Å². The highest BCUT2D eigenvalue weighted by molar-refractivity contribution is 6.16. The third-order valence-electron chi connectivity index (χ3n) is 6.20. The van der Waals surface area contributed by atoms with Gasteiger partial charge in [-0.3, -0.25) is 9.69 Å². The Bertz CT molecular complexity index is 1030. The topological polar surface area (TPSA) is 68.2 Å². The van der Waals surface area contributed by atoms with Crippen LogP contribution in [0, 0.1) is 12.8 Å². The summed E-state index contributed by atoms with van der Waals surface area (Å²) in [5.74, 6) is 2.49. The Balaban J connectivity index is 1.70. The van der Waals surface area contributed by atoms with Crippen molar-refractivity contribution in [1.29, 1.82) is 0 Å². The Labute approximate surface area is 183 Å². The highest BCUT2D eigenvalue weighted by Crippen LogP contribution is 2.43. The number of hydrogen-bond acceptors (Lipinski definition) is 6. The summed E-state index contributed by atoms with van der Waals surface area (Å²) in [5, 5.41) is 10.7. The monoisotopic (exact) mass is 423 g/mol. The summed E-state index contributed by atoms with van der Waals surface area (Å²) < 4.78 is 16.9. The lowest BCUT2D eigenvalue weighted by Crippen LogP contribution is -2.32. The number of rotatable bonds is 5. The fourth-order valence-corrected chi connectivity index (χ4v) is 4.34. The number of phenols is 1. The molecule has 0 bridgehead atoms. The number of ketones is 1. The molecule has 0 unspecified atom stereocenters. The zero-order valence-electron chi connectivity index (χ0n) is 18.5. The molecule has 6 heteroatoms. The molecule has 0 radical (unpaired) electrons. The number of nitrogens with zero attached hydrogens (tertiary/aromatic N) is 1. The fourth-order valence-electron chi connectivity index (χ4n) is 4.34. The Morgan fingerprint density at radius 3 is 2.65 bits per heavy atom. The van der Waals surface area contributed by atoms with Crippen LogP contribution in [0.2, 0.25) is 0 Å². The SMILES string of the molecule is COc1cccc(/C=C2\Oc3c(CN4CCC(C)CC4)c(O)cc(C)c3C2=O)c1OC. The number of methoxy groups -OCH3 is 2. The Kier molecular flexibility index (Phi) is 5.92. The lowest BCUT2D eigenvalue weighted by atomic mass is 9.96. The van der Waals surface area contributed by atoms with Gasteiger partial charge in [0.1, 0.15) is 11.5 Å². The molecule has 6 nitrogen and oxygen atoms in total. The van der Waals surface area contributed by atoms with E-state index in [0.717, 1.165) is 31.8 Å². The number of phenolic OH excluding ortho intramolecular Hbond substituents is 1. The Morgan fingerprint density at radius 2 is 1.97 bits per heavy atom. The van der Waals surface area contributed by atoms with Crippen LogP contribution < -0.4 is 14.2 Å². The van der Waals surface area contributed by atoms with Gasteiger partial charge in [0.15, 0.2) is 17.3 Å². The van der Waals surface area contributed by atoms with Crippen molar-refractivity contribution in [1.82, 2.24) is 4.90 Å². The Hall–Kier alpha value is -2.99. The molecule has 2 aliphatic rings. The zero-order chi connectivity index (χ0) is 22.1. The zero-order valence-corrected chi connectivity index (χ0v) is 18.5. The quantitative estimate of drug-likeness (QED) is 0.711. The molecule has 164 valence electrons. The van der Waals surface area contributed by atoms with Gasteiger partial charge in [0.2, 0.25) is 5.78 Å². The molecule has 1 fully saturated rings. The number of benzene rings is 2. The number of aromatic hydroxyl groups is 1. The summed E-state index contributed by atoms with van der Waals surface area (Å²) in [6.07, 6.45) is 3.94. The molecule has 2 aromatic carbocycles. The van der Waals surface area contributed by atoms with Gasteiger partial charge in [0.05, 0.1) is 25.3 Å². The van der Waals surface area contributed by atoms with Crippen molar-refractivity contribution < 1.29 is 24.1 Å². The number of para-hydroxylation sites is 1. The van der Waals surface area contributed by atoms with Crippen molar-refractivity contribution in [2.24, 2.45) is 5.92 Å². The number of likely N-dealkylation sites (tertiary alicyclic amines) is 1. The molecule has 4 rings (SSSR count). The molecule has 0 atom stereocenters. The van der Waals surface area contributed by atoms with E-state index in [4.69, 9.17) is 14.2 Å². The summed E-state index contributed by atoms with van der Waals surface area (Å²) in [5.41, 5.74) is 2.58. The van der Waals surface area contributed by atoms with E-state index in [-0.39, 0.29) is 17.3 Å². The van der Waals surface area contributed by atoms with Crippen LogP contribution in [-0.2, 0) is 6.54 Å². The standard InChI is InChI=1S/C25H29NO5/c1-15-8-10-26(11-9-15)14-18-19(27)12-16(2)22-23(28)21(31-25(18)22)13-17-6-5-7-20(29-3)24(17)30-4/h5-7,12-13,15,27H,8-11,14H2,1-4H3/b21-13-. The molecule has 1 saturated heterocycles. The maximum Gasteiger partial charge on any atom is 0.232 e. The average molecular weight is 424 g/mol. The summed E-state index contributed by atoms with van der Waals surface area (Å²) >= 11 is 0. The summed E-state index contributed by atoms with van der Waals surface area (Å²) in [6.45, 7) is 6.59. The van der Waals surface area contributed by atoms with Gasteiger partial charge in [0, 0.05) is 12.1 Å². The van der Waals surface area contributed by atoms with Crippen LogP contribution in [0.5, 0.6) is 23.0 Å². The molecule has 0 aromatic heterocycles. The third-order valence-corrected chi connectivity index (χ3v) is 6.20. The molecule has 0 saturated carbocycles. The third kappa shape index (κ3) is 4.00. The van der Waals surface area contributed by atoms with Crippen LogP contribution in [0.1, 0.15) is 46.8 Å². The van der Waals surface area contributed by atoms with Crippen LogP contribution in [-0.4, -0.2) is 43.1 Å². The van der Waals surface area contributed by atoms with Crippen LogP contribution in [0.15, 0.2) is 30.0 Å². The van der Waals surface area contributed by atoms with Gasteiger partial charge >= 0.3 is 0 Å². The maximum absolute atomic E-state index is 13.2. The first-order valence-corrected chi connectivity index (χ1v) is 10.7. The molecule has 1 N–H and O–H groups in total. The molecule has 31 heavy (non-hydrogen) atoms. The highest BCUT2D eigenvalue weighted by atomic mass is 16.5. The summed E-state index contributed by atoms with van der Waals surface area (Å²) in [4.78, 5) is 15.5. The van der Waals surface area contributed by atoms with E-state index in [9.17, 15) is 9.90 Å². The van der Waals surface area contributed by atoms with E-state index in [2.05, 4.69) is 11.8 Å². The van der Waals surface area contributed by atoms with Gasteiger partial charge in [-0.2, -0.15) is 0 Å².